The molecule has 1 heterocycles. The predicted octanol–water partition coefficient (Wildman–Crippen LogP) is 3.99. The van der Waals surface area contributed by atoms with Gasteiger partial charge in [-0.3, -0.25) is 4.90 Å². The number of likely N-dealkylation sites (tertiary alicyclic amines) is 1. The maximum Gasteiger partial charge on any atom is 0.146 e. The van der Waals surface area contributed by atoms with Gasteiger partial charge >= 0.3 is 0 Å². The van der Waals surface area contributed by atoms with Gasteiger partial charge in [0, 0.05) is 11.6 Å². The lowest BCUT2D eigenvalue weighted by Gasteiger charge is -2.35. The molecule has 1 saturated heterocycles. The van der Waals surface area contributed by atoms with Gasteiger partial charge in [0.15, 0.2) is 0 Å². The third-order valence-electron chi connectivity index (χ3n) is 4.22. The lowest BCUT2D eigenvalue weighted by Crippen LogP contribution is -2.36. The van der Waals surface area contributed by atoms with E-state index in [0.717, 1.165) is 32.4 Å². The van der Waals surface area contributed by atoms with Crippen molar-refractivity contribution < 1.29 is 4.39 Å². The molecule has 1 fully saturated rings. The Hall–Kier alpha value is -0.640. The van der Waals surface area contributed by atoms with Crippen LogP contribution < -0.4 is 5.73 Å². The molecule has 2 nitrogen and oxygen atoms in total. The van der Waals surface area contributed by atoms with Crippen LogP contribution in [0.5, 0.6) is 0 Å². The van der Waals surface area contributed by atoms with Crippen molar-refractivity contribution in [2.45, 2.75) is 38.6 Å². The lowest BCUT2D eigenvalue weighted by molar-refractivity contribution is 0.155. The Morgan fingerprint density at radius 2 is 2.20 bits per heavy atom. The normalized spacial score (nSPS) is 24.6. The number of nitrogens with two attached hydrogens (primary N) is 1. The Bertz CT molecular complexity index is 438. The zero-order valence-corrected chi connectivity index (χ0v) is 12.9. The molecule has 0 aromatic heterocycles. The molecule has 2 N–H and O–H groups in total. The molecular formula is C16H24ClFN2. The van der Waals surface area contributed by atoms with E-state index in [0.29, 0.717) is 18.0 Å². The van der Waals surface area contributed by atoms with E-state index in [-0.39, 0.29) is 16.9 Å². The zero-order valence-electron chi connectivity index (χ0n) is 12.1. The second-order valence-electron chi connectivity index (χ2n) is 5.62. The Labute approximate surface area is 126 Å². The van der Waals surface area contributed by atoms with Crippen LogP contribution in [0.1, 0.15) is 44.2 Å². The molecule has 1 aromatic rings. The minimum atomic E-state index is -0.277. The number of halogens is 2. The van der Waals surface area contributed by atoms with Crippen molar-refractivity contribution in [3.8, 4) is 0 Å². The van der Waals surface area contributed by atoms with E-state index < -0.39 is 0 Å². The van der Waals surface area contributed by atoms with Crippen LogP contribution in [-0.2, 0) is 0 Å². The zero-order chi connectivity index (χ0) is 14.5. The van der Waals surface area contributed by atoms with Crippen molar-refractivity contribution >= 4 is 11.6 Å². The van der Waals surface area contributed by atoms with E-state index in [2.05, 4.69) is 11.8 Å². The first-order valence-electron chi connectivity index (χ1n) is 7.57. The van der Waals surface area contributed by atoms with Crippen LogP contribution in [0.15, 0.2) is 18.2 Å². The molecule has 1 aliphatic heterocycles. The van der Waals surface area contributed by atoms with E-state index in [9.17, 15) is 4.39 Å². The summed E-state index contributed by atoms with van der Waals surface area (Å²) in [5, 5.41) is 0.207. The van der Waals surface area contributed by atoms with Gasteiger partial charge < -0.3 is 5.73 Å². The summed E-state index contributed by atoms with van der Waals surface area (Å²) in [5.74, 6) is 0.0256. The Morgan fingerprint density at radius 1 is 1.40 bits per heavy atom. The van der Waals surface area contributed by atoms with Crippen LogP contribution in [0, 0.1) is 11.7 Å². The van der Waals surface area contributed by atoms with Gasteiger partial charge in [-0.25, -0.2) is 4.39 Å². The Balaban J connectivity index is 2.40. The summed E-state index contributed by atoms with van der Waals surface area (Å²) in [4.78, 5) is 2.39. The predicted molar refractivity (Wildman–Crippen MR) is 82.4 cm³/mol. The second-order valence-corrected chi connectivity index (χ2v) is 6.02. The van der Waals surface area contributed by atoms with E-state index in [4.69, 9.17) is 17.3 Å². The molecule has 1 aromatic carbocycles. The van der Waals surface area contributed by atoms with Crippen LogP contribution in [0.2, 0.25) is 5.02 Å². The van der Waals surface area contributed by atoms with Gasteiger partial charge in [0.1, 0.15) is 5.82 Å². The number of rotatable bonds is 4. The van der Waals surface area contributed by atoms with Gasteiger partial charge in [-0.1, -0.05) is 37.1 Å². The molecule has 0 saturated carbocycles. The smallest absolute Gasteiger partial charge is 0.146 e. The molecule has 2 atom stereocenters. The number of nitrogens with zero attached hydrogens (tertiary/aromatic N) is 1. The highest BCUT2D eigenvalue weighted by molar-refractivity contribution is 6.30. The summed E-state index contributed by atoms with van der Waals surface area (Å²) in [6, 6.07) is 5.37. The molecule has 4 heteroatoms. The number of benzene rings is 1. The summed E-state index contributed by atoms with van der Waals surface area (Å²) in [6.07, 6.45) is 4.46. The first kappa shape index (κ1) is 15.7. The van der Waals surface area contributed by atoms with Gasteiger partial charge in [-0.15, -0.1) is 0 Å². The average molecular weight is 299 g/mol. The highest BCUT2D eigenvalue weighted by Gasteiger charge is 2.32. The molecule has 0 amide bonds. The molecule has 0 aliphatic carbocycles. The molecule has 20 heavy (non-hydrogen) atoms. The van der Waals surface area contributed by atoms with Crippen LogP contribution >= 0.6 is 11.6 Å². The summed E-state index contributed by atoms with van der Waals surface area (Å²) >= 11 is 5.96. The third kappa shape index (κ3) is 3.33. The number of hydrogen-bond donors (Lipinski definition) is 1. The molecular weight excluding hydrogens is 275 g/mol. The topological polar surface area (TPSA) is 29.3 Å². The van der Waals surface area contributed by atoms with Gasteiger partial charge in [0.2, 0.25) is 0 Å². The monoisotopic (exact) mass is 298 g/mol. The maximum atomic E-state index is 14.4. The second kappa shape index (κ2) is 7.39. The maximum absolute atomic E-state index is 14.4. The molecule has 112 valence electrons. The van der Waals surface area contributed by atoms with Gasteiger partial charge in [-0.05, 0) is 50.9 Å². The fraction of sp³-hybridized carbons (Fsp3) is 0.625. The van der Waals surface area contributed by atoms with Crippen molar-refractivity contribution in [2.24, 2.45) is 11.7 Å². The van der Waals surface area contributed by atoms with Crippen molar-refractivity contribution in [2.75, 3.05) is 19.6 Å². The summed E-state index contributed by atoms with van der Waals surface area (Å²) in [7, 11) is 0. The molecule has 0 spiro atoms. The van der Waals surface area contributed by atoms with Crippen LogP contribution in [0.3, 0.4) is 0 Å². The highest BCUT2D eigenvalue weighted by Crippen LogP contribution is 2.37. The van der Waals surface area contributed by atoms with E-state index >= 15 is 0 Å². The van der Waals surface area contributed by atoms with Crippen LogP contribution in [0.25, 0.3) is 0 Å². The Morgan fingerprint density at radius 3 is 2.90 bits per heavy atom. The third-order valence-corrected chi connectivity index (χ3v) is 4.52. The standard InChI is InChI=1S/C16H24ClFN2/c1-2-9-20-10-4-3-6-12(11-19)16(20)13-7-5-8-14(17)15(13)18/h5,7-8,12,16H,2-4,6,9-11,19H2,1H3. The van der Waals surface area contributed by atoms with E-state index in [1.807, 2.05) is 12.1 Å². The quantitative estimate of drug-likeness (QED) is 0.910. The van der Waals surface area contributed by atoms with Crippen molar-refractivity contribution in [1.82, 2.24) is 4.90 Å². The fourth-order valence-electron chi connectivity index (χ4n) is 3.30. The first-order valence-corrected chi connectivity index (χ1v) is 7.94. The molecule has 2 rings (SSSR count). The van der Waals surface area contributed by atoms with Crippen LogP contribution in [0.4, 0.5) is 4.39 Å². The summed E-state index contributed by atoms with van der Waals surface area (Å²) in [6.45, 7) is 4.75. The first-order chi connectivity index (χ1) is 9.69. The Kier molecular flexibility index (Phi) is 5.82. The van der Waals surface area contributed by atoms with Gasteiger partial charge in [0.05, 0.1) is 5.02 Å². The van der Waals surface area contributed by atoms with Crippen molar-refractivity contribution in [3.05, 3.63) is 34.6 Å². The molecule has 1 aliphatic rings. The lowest BCUT2D eigenvalue weighted by atomic mass is 9.89. The highest BCUT2D eigenvalue weighted by atomic mass is 35.5. The van der Waals surface area contributed by atoms with E-state index in [1.54, 1.807) is 6.07 Å². The molecule has 0 radical (unpaired) electrons. The van der Waals surface area contributed by atoms with E-state index in [1.165, 1.54) is 6.42 Å². The van der Waals surface area contributed by atoms with Crippen LogP contribution in [-0.4, -0.2) is 24.5 Å². The fourth-order valence-corrected chi connectivity index (χ4v) is 3.48. The molecule has 2 unspecified atom stereocenters. The minimum Gasteiger partial charge on any atom is -0.330 e. The minimum absolute atomic E-state index is 0.0566. The SMILES string of the molecule is CCCN1CCCCC(CN)C1c1cccc(Cl)c1F. The largest absolute Gasteiger partial charge is 0.330 e. The van der Waals surface area contributed by atoms with Gasteiger partial charge in [-0.2, -0.15) is 0 Å². The average Bonchev–Trinajstić information content (AvgIpc) is 2.65. The van der Waals surface area contributed by atoms with Crippen molar-refractivity contribution in [1.29, 1.82) is 0 Å². The molecule has 0 bridgehead atoms. The summed E-state index contributed by atoms with van der Waals surface area (Å²) < 4.78 is 14.4. The number of hydrogen-bond acceptors (Lipinski definition) is 2. The van der Waals surface area contributed by atoms with Gasteiger partial charge in [0.25, 0.3) is 0 Å². The van der Waals surface area contributed by atoms with Crippen molar-refractivity contribution in [3.63, 3.8) is 0 Å². The summed E-state index contributed by atoms with van der Waals surface area (Å²) in [5.41, 5.74) is 6.68.